The molecule has 2 aromatic carbocycles. The molecule has 0 unspecified atom stereocenters. The molecule has 6 nitrogen and oxygen atoms in total. The lowest BCUT2D eigenvalue weighted by atomic mass is 10.0. The summed E-state index contributed by atoms with van der Waals surface area (Å²) < 4.78 is 4.79. The van der Waals surface area contributed by atoms with Crippen molar-refractivity contribution in [1.82, 2.24) is 9.97 Å². The van der Waals surface area contributed by atoms with E-state index in [-0.39, 0.29) is 5.97 Å². The van der Waals surface area contributed by atoms with E-state index in [0.717, 1.165) is 36.5 Å². The topological polar surface area (TPSA) is 67.3 Å². The number of anilines is 4. The number of fused-ring (bicyclic) bond motifs is 1. The van der Waals surface area contributed by atoms with Crippen LogP contribution in [0.2, 0.25) is 0 Å². The summed E-state index contributed by atoms with van der Waals surface area (Å²) in [4.78, 5) is 23.3. The lowest BCUT2D eigenvalue weighted by Crippen LogP contribution is -2.26. The van der Waals surface area contributed by atoms with Crippen LogP contribution in [0.1, 0.15) is 28.0 Å². The highest BCUT2D eigenvalue weighted by Crippen LogP contribution is 2.32. The number of benzene rings is 2. The fourth-order valence-electron chi connectivity index (χ4n) is 3.47. The number of ether oxygens (including phenoxy) is 1. The van der Waals surface area contributed by atoms with Crippen molar-refractivity contribution in [3.8, 4) is 0 Å². The lowest BCUT2D eigenvalue weighted by molar-refractivity contribution is 0.0601. The van der Waals surface area contributed by atoms with Crippen molar-refractivity contribution in [3.05, 3.63) is 71.4 Å². The standard InChI is InChI=1S/C22H22N4O2/c1-15-13-20(24-18-10-5-8-17(14-18)21(27)28-2)25-22(23-15)26-12-6-9-16-7-3-4-11-19(16)26/h3-5,7-8,10-11,13-14H,6,9,12H2,1-2H3,(H,23,24,25). The van der Waals surface area contributed by atoms with Gasteiger partial charge in [0.05, 0.1) is 12.7 Å². The number of aryl methyl sites for hydroxylation is 2. The Morgan fingerprint density at radius 2 is 1.96 bits per heavy atom. The van der Waals surface area contributed by atoms with E-state index in [4.69, 9.17) is 9.72 Å². The van der Waals surface area contributed by atoms with Gasteiger partial charge in [-0.25, -0.2) is 9.78 Å². The minimum Gasteiger partial charge on any atom is -0.465 e. The van der Waals surface area contributed by atoms with Crippen LogP contribution < -0.4 is 10.2 Å². The molecule has 1 N–H and O–H groups in total. The first-order valence-corrected chi connectivity index (χ1v) is 9.30. The summed E-state index contributed by atoms with van der Waals surface area (Å²) in [6, 6.07) is 17.5. The fourth-order valence-corrected chi connectivity index (χ4v) is 3.47. The van der Waals surface area contributed by atoms with Crippen LogP contribution in [-0.2, 0) is 11.2 Å². The molecule has 2 heterocycles. The number of esters is 1. The Bertz CT molecular complexity index is 1020. The number of hydrogen-bond acceptors (Lipinski definition) is 6. The second-order valence-electron chi connectivity index (χ2n) is 6.78. The molecule has 0 amide bonds. The van der Waals surface area contributed by atoms with Crippen LogP contribution >= 0.6 is 0 Å². The molecule has 4 rings (SSSR count). The van der Waals surface area contributed by atoms with E-state index in [1.807, 2.05) is 31.2 Å². The number of para-hydroxylation sites is 1. The molecule has 0 fully saturated rings. The Morgan fingerprint density at radius 3 is 2.82 bits per heavy atom. The average molecular weight is 374 g/mol. The Hall–Kier alpha value is -3.41. The van der Waals surface area contributed by atoms with E-state index in [2.05, 4.69) is 33.4 Å². The molecule has 0 saturated heterocycles. The number of carbonyl (C=O) groups excluding carboxylic acids is 1. The maximum absolute atomic E-state index is 11.8. The number of nitrogens with one attached hydrogen (secondary N) is 1. The van der Waals surface area contributed by atoms with Gasteiger partial charge in [0.1, 0.15) is 5.82 Å². The largest absolute Gasteiger partial charge is 0.465 e. The third-order valence-corrected chi connectivity index (χ3v) is 4.75. The van der Waals surface area contributed by atoms with E-state index in [9.17, 15) is 4.79 Å². The summed E-state index contributed by atoms with van der Waals surface area (Å²) in [6.07, 6.45) is 2.14. The van der Waals surface area contributed by atoms with Crippen molar-refractivity contribution in [2.24, 2.45) is 0 Å². The van der Waals surface area contributed by atoms with E-state index >= 15 is 0 Å². The SMILES string of the molecule is COC(=O)c1cccc(Nc2cc(C)nc(N3CCCc4ccccc43)n2)c1. The van der Waals surface area contributed by atoms with Gasteiger partial charge in [-0.05, 0) is 49.6 Å². The Labute approximate surface area is 164 Å². The molecule has 6 heteroatoms. The van der Waals surface area contributed by atoms with Gasteiger partial charge in [0.15, 0.2) is 0 Å². The van der Waals surface area contributed by atoms with Gasteiger partial charge in [-0.2, -0.15) is 4.98 Å². The summed E-state index contributed by atoms with van der Waals surface area (Å²) in [5.41, 5.74) is 4.62. The zero-order valence-electron chi connectivity index (χ0n) is 16.0. The van der Waals surface area contributed by atoms with Gasteiger partial charge in [-0.3, -0.25) is 0 Å². The highest BCUT2D eigenvalue weighted by Gasteiger charge is 2.20. The predicted octanol–water partition coefficient (Wildman–Crippen LogP) is 4.40. The highest BCUT2D eigenvalue weighted by atomic mass is 16.5. The van der Waals surface area contributed by atoms with Gasteiger partial charge in [-0.15, -0.1) is 0 Å². The molecule has 142 valence electrons. The maximum Gasteiger partial charge on any atom is 0.337 e. The van der Waals surface area contributed by atoms with E-state index in [1.54, 1.807) is 12.1 Å². The van der Waals surface area contributed by atoms with Crippen LogP contribution in [0.4, 0.5) is 23.1 Å². The number of aromatic nitrogens is 2. The van der Waals surface area contributed by atoms with E-state index in [0.29, 0.717) is 17.3 Å². The molecular formula is C22H22N4O2. The van der Waals surface area contributed by atoms with Crippen molar-refractivity contribution in [2.75, 3.05) is 23.9 Å². The number of rotatable bonds is 4. The van der Waals surface area contributed by atoms with Crippen LogP contribution in [0.25, 0.3) is 0 Å². The van der Waals surface area contributed by atoms with Crippen molar-refractivity contribution < 1.29 is 9.53 Å². The maximum atomic E-state index is 11.8. The summed E-state index contributed by atoms with van der Waals surface area (Å²) >= 11 is 0. The monoisotopic (exact) mass is 374 g/mol. The number of nitrogens with zero attached hydrogens (tertiary/aromatic N) is 3. The number of methoxy groups -OCH3 is 1. The summed E-state index contributed by atoms with van der Waals surface area (Å²) in [5, 5.41) is 3.28. The van der Waals surface area contributed by atoms with Crippen molar-refractivity contribution >= 4 is 29.1 Å². The molecular weight excluding hydrogens is 352 g/mol. The zero-order valence-corrected chi connectivity index (χ0v) is 16.0. The van der Waals surface area contributed by atoms with Gasteiger partial charge in [-0.1, -0.05) is 24.3 Å². The van der Waals surface area contributed by atoms with Gasteiger partial charge in [0, 0.05) is 29.7 Å². The first kappa shape index (κ1) is 18.0. The molecule has 0 spiro atoms. The first-order chi connectivity index (χ1) is 13.6. The molecule has 0 bridgehead atoms. The van der Waals surface area contributed by atoms with Gasteiger partial charge < -0.3 is 15.0 Å². The minimum absolute atomic E-state index is 0.367. The quantitative estimate of drug-likeness (QED) is 0.683. The lowest BCUT2D eigenvalue weighted by Gasteiger charge is -2.29. The van der Waals surface area contributed by atoms with E-state index in [1.165, 1.54) is 12.7 Å². The zero-order chi connectivity index (χ0) is 19.5. The second kappa shape index (κ2) is 7.68. The predicted molar refractivity (Wildman–Crippen MR) is 110 cm³/mol. The van der Waals surface area contributed by atoms with E-state index < -0.39 is 0 Å². The Morgan fingerprint density at radius 1 is 1.11 bits per heavy atom. The van der Waals surface area contributed by atoms with Gasteiger partial charge in [0.25, 0.3) is 0 Å². The molecule has 0 saturated carbocycles. The highest BCUT2D eigenvalue weighted by molar-refractivity contribution is 5.90. The fraction of sp³-hybridized carbons (Fsp3) is 0.227. The van der Waals surface area contributed by atoms with Crippen LogP contribution in [0.3, 0.4) is 0 Å². The molecule has 1 aliphatic heterocycles. The summed E-state index contributed by atoms with van der Waals surface area (Å²) in [5.74, 6) is 1.000. The molecule has 0 aliphatic carbocycles. The molecule has 28 heavy (non-hydrogen) atoms. The van der Waals surface area contributed by atoms with Gasteiger partial charge >= 0.3 is 5.97 Å². The smallest absolute Gasteiger partial charge is 0.337 e. The Balaban J connectivity index is 1.65. The van der Waals surface area contributed by atoms with Crippen molar-refractivity contribution in [2.45, 2.75) is 19.8 Å². The minimum atomic E-state index is -0.367. The molecule has 3 aromatic rings. The van der Waals surface area contributed by atoms with Crippen LogP contribution in [0.15, 0.2) is 54.6 Å². The number of carbonyl (C=O) groups is 1. The van der Waals surface area contributed by atoms with Crippen molar-refractivity contribution in [1.29, 1.82) is 0 Å². The first-order valence-electron chi connectivity index (χ1n) is 9.30. The number of hydrogen-bond donors (Lipinski definition) is 1. The summed E-state index contributed by atoms with van der Waals surface area (Å²) in [7, 11) is 1.37. The third kappa shape index (κ3) is 3.67. The van der Waals surface area contributed by atoms with Crippen LogP contribution in [0.5, 0.6) is 0 Å². The van der Waals surface area contributed by atoms with Crippen LogP contribution in [-0.4, -0.2) is 29.6 Å². The Kier molecular flexibility index (Phi) is 4.93. The normalized spacial score (nSPS) is 13.0. The molecule has 0 atom stereocenters. The second-order valence-corrected chi connectivity index (χ2v) is 6.78. The van der Waals surface area contributed by atoms with Crippen LogP contribution in [0, 0.1) is 6.92 Å². The van der Waals surface area contributed by atoms with Gasteiger partial charge in [0.2, 0.25) is 5.95 Å². The molecule has 1 aliphatic rings. The molecule has 1 aromatic heterocycles. The van der Waals surface area contributed by atoms with Crippen molar-refractivity contribution in [3.63, 3.8) is 0 Å². The molecule has 0 radical (unpaired) electrons. The summed E-state index contributed by atoms with van der Waals surface area (Å²) in [6.45, 7) is 2.84. The third-order valence-electron chi connectivity index (χ3n) is 4.75. The average Bonchev–Trinajstić information content (AvgIpc) is 2.72.